The zero-order valence-electron chi connectivity index (χ0n) is 12.8. The molecule has 112 valence electrons. The molecule has 0 aromatic heterocycles. The number of hydrogen-bond donors (Lipinski definition) is 1. The number of hydrogen-bond acceptors (Lipinski definition) is 3. The second kappa shape index (κ2) is 6.46. The molecule has 21 heavy (non-hydrogen) atoms. The van der Waals surface area contributed by atoms with Crippen LogP contribution in [0.4, 0.5) is 0 Å². The van der Waals surface area contributed by atoms with E-state index >= 15 is 0 Å². The van der Waals surface area contributed by atoms with Gasteiger partial charge in [-0.25, -0.2) is 0 Å². The van der Waals surface area contributed by atoms with E-state index in [2.05, 4.69) is 41.7 Å². The Hall–Kier alpha value is -1.58. The van der Waals surface area contributed by atoms with Crippen LogP contribution in [0.5, 0.6) is 5.75 Å². The quantitative estimate of drug-likeness (QED) is 0.844. The van der Waals surface area contributed by atoms with Gasteiger partial charge in [-0.15, -0.1) is 0 Å². The lowest BCUT2D eigenvalue weighted by Crippen LogP contribution is -2.21. The number of methoxy groups -OCH3 is 1. The fourth-order valence-electron chi connectivity index (χ4n) is 2.63. The number of nitrogens with one attached hydrogen (secondary N) is 1. The molecule has 1 fully saturated rings. The molecule has 1 atom stereocenters. The Morgan fingerprint density at radius 2 is 2.00 bits per heavy atom. The molecule has 3 nitrogen and oxygen atoms in total. The molecule has 1 N–H and O–H groups in total. The SMILES string of the molecule is COCC(C)Oc1ccc2ccccc2c1CNC1CC1. The van der Waals surface area contributed by atoms with Gasteiger partial charge in [-0.2, -0.15) is 0 Å². The van der Waals surface area contributed by atoms with Gasteiger partial charge in [-0.05, 0) is 36.6 Å². The normalized spacial score (nSPS) is 16.1. The van der Waals surface area contributed by atoms with Crippen LogP contribution in [0, 0.1) is 0 Å². The first-order chi connectivity index (χ1) is 10.3. The smallest absolute Gasteiger partial charge is 0.124 e. The Morgan fingerprint density at radius 1 is 1.19 bits per heavy atom. The molecular formula is C18H23NO2. The van der Waals surface area contributed by atoms with E-state index in [0.717, 1.165) is 12.3 Å². The van der Waals surface area contributed by atoms with Crippen molar-refractivity contribution in [3.8, 4) is 5.75 Å². The third-order valence-corrected chi connectivity index (χ3v) is 3.87. The lowest BCUT2D eigenvalue weighted by Gasteiger charge is -2.19. The summed E-state index contributed by atoms with van der Waals surface area (Å²) in [7, 11) is 1.70. The third kappa shape index (κ3) is 3.55. The number of rotatable bonds is 7. The van der Waals surface area contributed by atoms with Gasteiger partial charge in [0.05, 0.1) is 6.61 Å². The second-order valence-corrected chi connectivity index (χ2v) is 5.80. The largest absolute Gasteiger partial charge is 0.488 e. The first-order valence-corrected chi connectivity index (χ1v) is 7.67. The fraction of sp³-hybridized carbons (Fsp3) is 0.444. The van der Waals surface area contributed by atoms with Gasteiger partial charge in [0.15, 0.2) is 0 Å². The molecule has 1 unspecified atom stereocenters. The van der Waals surface area contributed by atoms with Gasteiger partial charge < -0.3 is 14.8 Å². The summed E-state index contributed by atoms with van der Waals surface area (Å²) in [6.07, 6.45) is 2.64. The average molecular weight is 285 g/mol. The van der Waals surface area contributed by atoms with Crippen LogP contribution >= 0.6 is 0 Å². The highest BCUT2D eigenvalue weighted by molar-refractivity contribution is 5.87. The molecule has 1 saturated carbocycles. The van der Waals surface area contributed by atoms with Crippen LogP contribution in [0.1, 0.15) is 25.3 Å². The minimum atomic E-state index is 0.0517. The van der Waals surface area contributed by atoms with Crippen molar-refractivity contribution in [2.24, 2.45) is 0 Å². The zero-order valence-corrected chi connectivity index (χ0v) is 12.8. The van der Waals surface area contributed by atoms with E-state index < -0.39 is 0 Å². The van der Waals surface area contributed by atoms with E-state index in [1.165, 1.54) is 29.2 Å². The Kier molecular flexibility index (Phi) is 4.42. The maximum atomic E-state index is 6.08. The van der Waals surface area contributed by atoms with E-state index in [9.17, 15) is 0 Å². The van der Waals surface area contributed by atoms with Gasteiger partial charge in [0.2, 0.25) is 0 Å². The highest BCUT2D eigenvalue weighted by Crippen LogP contribution is 2.30. The van der Waals surface area contributed by atoms with E-state index in [-0.39, 0.29) is 6.10 Å². The monoisotopic (exact) mass is 285 g/mol. The van der Waals surface area contributed by atoms with Crippen LogP contribution in [0.3, 0.4) is 0 Å². The van der Waals surface area contributed by atoms with E-state index in [0.29, 0.717) is 12.6 Å². The average Bonchev–Trinajstić information content (AvgIpc) is 3.30. The summed E-state index contributed by atoms with van der Waals surface area (Å²) in [6, 6.07) is 13.4. The summed E-state index contributed by atoms with van der Waals surface area (Å²) >= 11 is 0. The Balaban J connectivity index is 1.90. The molecular weight excluding hydrogens is 262 g/mol. The maximum absolute atomic E-state index is 6.08. The summed E-state index contributed by atoms with van der Waals surface area (Å²) in [5.74, 6) is 0.964. The second-order valence-electron chi connectivity index (χ2n) is 5.80. The third-order valence-electron chi connectivity index (χ3n) is 3.87. The van der Waals surface area contributed by atoms with Crippen LogP contribution in [0.2, 0.25) is 0 Å². The Bertz CT molecular complexity index is 607. The van der Waals surface area contributed by atoms with Crippen LogP contribution in [0.25, 0.3) is 10.8 Å². The lowest BCUT2D eigenvalue weighted by molar-refractivity contribution is 0.0914. The van der Waals surface area contributed by atoms with Crippen molar-refractivity contribution in [2.45, 2.75) is 38.5 Å². The fourth-order valence-corrected chi connectivity index (χ4v) is 2.63. The molecule has 0 amide bonds. The van der Waals surface area contributed by atoms with Crippen molar-refractivity contribution in [3.05, 3.63) is 42.0 Å². The van der Waals surface area contributed by atoms with Crippen molar-refractivity contribution in [1.29, 1.82) is 0 Å². The highest BCUT2D eigenvalue weighted by atomic mass is 16.5. The zero-order chi connectivity index (χ0) is 14.7. The first kappa shape index (κ1) is 14.4. The van der Waals surface area contributed by atoms with E-state index in [4.69, 9.17) is 9.47 Å². The molecule has 0 saturated heterocycles. The standard InChI is InChI=1S/C18H23NO2/c1-13(12-20-2)21-18-10-7-14-5-3-4-6-16(14)17(18)11-19-15-8-9-15/h3-7,10,13,15,19H,8-9,11-12H2,1-2H3. The summed E-state index contributed by atoms with van der Waals surface area (Å²) < 4.78 is 11.3. The molecule has 0 bridgehead atoms. The van der Waals surface area contributed by atoms with Crippen molar-refractivity contribution in [1.82, 2.24) is 5.32 Å². The van der Waals surface area contributed by atoms with E-state index in [1.807, 2.05) is 6.92 Å². The van der Waals surface area contributed by atoms with Crippen LogP contribution in [0.15, 0.2) is 36.4 Å². The predicted molar refractivity (Wildman–Crippen MR) is 85.8 cm³/mol. The Labute approximate surface area is 126 Å². The van der Waals surface area contributed by atoms with Gasteiger partial charge in [0.25, 0.3) is 0 Å². The van der Waals surface area contributed by atoms with Crippen molar-refractivity contribution < 1.29 is 9.47 Å². The van der Waals surface area contributed by atoms with Crippen LogP contribution < -0.4 is 10.1 Å². The topological polar surface area (TPSA) is 30.5 Å². The molecule has 2 aromatic carbocycles. The van der Waals surface area contributed by atoms with Gasteiger partial charge in [0, 0.05) is 25.3 Å². The van der Waals surface area contributed by atoms with E-state index in [1.54, 1.807) is 7.11 Å². The summed E-state index contributed by atoms with van der Waals surface area (Å²) in [5, 5.41) is 6.13. The molecule has 3 rings (SSSR count). The summed E-state index contributed by atoms with van der Waals surface area (Å²) in [6.45, 7) is 3.50. The van der Waals surface area contributed by atoms with Crippen molar-refractivity contribution in [2.75, 3.05) is 13.7 Å². The summed E-state index contributed by atoms with van der Waals surface area (Å²) in [4.78, 5) is 0. The molecule has 0 heterocycles. The van der Waals surface area contributed by atoms with Gasteiger partial charge in [-0.1, -0.05) is 30.3 Å². The maximum Gasteiger partial charge on any atom is 0.124 e. The van der Waals surface area contributed by atoms with Gasteiger partial charge in [-0.3, -0.25) is 0 Å². The number of benzene rings is 2. The highest BCUT2D eigenvalue weighted by Gasteiger charge is 2.21. The molecule has 0 radical (unpaired) electrons. The molecule has 1 aliphatic carbocycles. The predicted octanol–water partition coefficient (Wildman–Crippen LogP) is 3.51. The molecule has 1 aliphatic rings. The molecule has 0 spiro atoms. The molecule has 0 aliphatic heterocycles. The minimum Gasteiger partial charge on any atom is -0.488 e. The summed E-state index contributed by atoms with van der Waals surface area (Å²) in [5.41, 5.74) is 1.25. The van der Waals surface area contributed by atoms with Crippen LogP contribution in [-0.2, 0) is 11.3 Å². The number of fused-ring (bicyclic) bond motifs is 1. The molecule has 2 aromatic rings. The first-order valence-electron chi connectivity index (χ1n) is 7.67. The Morgan fingerprint density at radius 3 is 2.76 bits per heavy atom. The minimum absolute atomic E-state index is 0.0517. The van der Waals surface area contributed by atoms with Gasteiger partial charge >= 0.3 is 0 Å². The van der Waals surface area contributed by atoms with Crippen molar-refractivity contribution in [3.63, 3.8) is 0 Å². The van der Waals surface area contributed by atoms with Crippen molar-refractivity contribution >= 4 is 10.8 Å². The van der Waals surface area contributed by atoms with Crippen LogP contribution in [-0.4, -0.2) is 25.9 Å². The lowest BCUT2D eigenvalue weighted by atomic mass is 10.0. The molecule has 3 heteroatoms. The van der Waals surface area contributed by atoms with Gasteiger partial charge in [0.1, 0.15) is 11.9 Å². The number of ether oxygens (including phenoxy) is 2.